The summed E-state index contributed by atoms with van der Waals surface area (Å²) in [4.78, 5) is 0. The third-order valence-electron chi connectivity index (χ3n) is 1.73. The Hall–Kier alpha value is -0.730. The molecular formula is C9H15ClN2. The van der Waals surface area contributed by atoms with Gasteiger partial charge in [-0.05, 0) is 12.1 Å². The lowest BCUT2D eigenvalue weighted by Gasteiger charge is -2.26. The summed E-state index contributed by atoms with van der Waals surface area (Å²) in [6, 6.07) is 10.3. The van der Waals surface area contributed by atoms with Crippen LogP contribution in [0.4, 0.5) is 5.69 Å². The Morgan fingerprint density at radius 3 is 1.83 bits per heavy atom. The van der Waals surface area contributed by atoms with Crippen molar-refractivity contribution in [2.24, 2.45) is 0 Å². The van der Waals surface area contributed by atoms with Gasteiger partial charge in [-0.1, -0.05) is 18.2 Å². The van der Waals surface area contributed by atoms with Gasteiger partial charge in [-0.2, -0.15) is 0 Å². The monoisotopic (exact) mass is 186 g/mol. The minimum Gasteiger partial charge on any atom is -0.309 e. The first-order chi connectivity index (χ1) is 5.22. The van der Waals surface area contributed by atoms with Crippen LogP contribution in [0.25, 0.3) is 0 Å². The topological polar surface area (TPSA) is 6.48 Å². The third-order valence-corrected chi connectivity index (χ3v) is 1.73. The standard InChI is InChI=1S/C9H14N2.ClH/c1-10(2)11(3)9-7-5-4-6-8-9;/h4-8H,1-3H3;1H. The molecule has 0 fully saturated rings. The van der Waals surface area contributed by atoms with Crippen LogP contribution in [0.2, 0.25) is 0 Å². The predicted octanol–water partition coefficient (Wildman–Crippen LogP) is 2.02. The lowest BCUT2D eigenvalue weighted by Crippen LogP contribution is -2.32. The van der Waals surface area contributed by atoms with E-state index in [1.165, 1.54) is 5.69 Å². The number of para-hydroxylation sites is 1. The van der Waals surface area contributed by atoms with E-state index in [2.05, 4.69) is 17.1 Å². The van der Waals surface area contributed by atoms with Crippen molar-refractivity contribution in [2.75, 3.05) is 26.2 Å². The van der Waals surface area contributed by atoms with E-state index in [0.29, 0.717) is 0 Å². The summed E-state index contributed by atoms with van der Waals surface area (Å²) in [5, 5.41) is 4.12. The lowest BCUT2D eigenvalue weighted by atomic mass is 10.3. The highest BCUT2D eigenvalue weighted by atomic mass is 35.5. The molecule has 0 saturated heterocycles. The molecular weight excluding hydrogens is 172 g/mol. The van der Waals surface area contributed by atoms with Gasteiger partial charge in [0.1, 0.15) is 0 Å². The minimum absolute atomic E-state index is 0. The highest BCUT2D eigenvalue weighted by molar-refractivity contribution is 5.85. The third kappa shape index (κ3) is 2.72. The Bertz CT molecular complexity index is 211. The zero-order valence-electron chi connectivity index (χ0n) is 7.69. The summed E-state index contributed by atoms with van der Waals surface area (Å²) in [6.07, 6.45) is 0. The molecule has 1 rings (SSSR count). The number of rotatable bonds is 2. The molecule has 0 atom stereocenters. The molecule has 12 heavy (non-hydrogen) atoms. The number of anilines is 1. The van der Waals surface area contributed by atoms with Crippen molar-refractivity contribution >= 4 is 18.1 Å². The van der Waals surface area contributed by atoms with Gasteiger partial charge in [0, 0.05) is 21.1 Å². The highest BCUT2D eigenvalue weighted by Crippen LogP contribution is 2.10. The van der Waals surface area contributed by atoms with Gasteiger partial charge in [-0.25, -0.2) is 5.01 Å². The lowest BCUT2D eigenvalue weighted by molar-refractivity contribution is 0.397. The van der Waals surface area contributed by atoms with E-state index in [-0.39, 0.29) is 12.4 Å². The molecule has 0 aliphatic rings. The van der Waals surface area contributed by atoms with Crippen molar-refractivity contribution in [1.82, 2.24) is 5.01 Å². The smallest absolute Gasteiger partial charge is 0.0518 e. The van der Waals surface area contributed by atoms with E-state index in [1.54, 1.807) is 0 Å². The van der Waals surface area contributed by atoms with E-state index in [4.69, 9.17) is 0 Å². The first-order valence-corrected chi connectivity index (χ1v) is 3.68. The quantitative estimate of drug-likeness (QED) is 0.653. The molecule has 0 aliphatic carbocycles. The first kappa shape index (κ1) is 11.3. The van der Waals surface area contributed by atoms with Gasteiger partial charge in [0.25, 0.3) is 0 Å². The maximum Gasteiger partial charge on any atom is 0.0518 e. The van der Waals surface area contributed by atoms with E-state index in [0.717, 1.165) is 0 Å². The van der Waals surface area contributed by atoms with Crippen molar-refractivity contribution < 1.29 is 0 Å². The fourth-order valence-electron chi connectivity index (χ4n) is 0.875. The molecule has 0 heterocycles. The van der Waals surface area contributed by atoms with Gasteiger partial charge in [0.05, 0.1) is 5.69 Å². The zero-order chi connectivity index (χ0) is 8.27. The normalized spacial score (nSPS) is 9.33. The molecule has 3 heteroatoms. The number of benzene rings is 1. The van der Waals surface area contributed by atoms with Crippen LogP contribution in [0.5, 0.6) is 0 Å². The first-order valence-electron chi connectivity index (χ1n) is 3.68. The molecule has 2 nitrogen and oxygen atoms in total. The van der Waals surface area contributed by atoms with Crippen molar-refractivity contribution in [1.29, 1.82) is 0 Å². The fourth-order valence-corrected chi connectivity index (χ4v) is 0.875. The van der Waals surface area contributed by atoms with Gasteiger partial charge in [-0.15, -0.1) is 12.4 Å². The van der Waals surface area contributed by atoms with Gasteiger partial charge >= 0.3 is 0 Å². The van der Waals surface area contributed by atoms with Crippen LogP contribution >= 0.6 is 12.4 Å². The summed E-state index contributed by atoms with van der Waals surface area (Å²) < 4.78 is 0. The number of nitrogens with zero attached hydrogens (tertiary/aromatic N) is 2. The van der Waals surface area contributed by atoms with E-state index in [1.807, 2.05) is 44.4 Å². The Balaban J connectivity index is 0.00000121. The fraction of sp³-hybridized carbons (Fsp3) is 0.333. The maximum absolute atomic E-state index is 2.08. The Kier molecular flexibility index (Phi) is 4.71. The highest BCUT2D eigenvalue weighted by Gasteiger charge is 1.99. The molecule has 0 N–H and O–H groups in total. The van der Waals surface area contributed by atoms with Crippen LogP contribution in [0.3, 0.4) is 0 Å². The van der Waals surface area contributed by atoms with Gasteiger partial charge in [-0.3, -0.25) is 0 Å². The molecule has 0 amide bonds. The second-order valence-corrected chi connectivity index (χ2v) is 2.71. The van der Waals surface area contributed by atoms with Crippen LogP contribution in [-0.4, -0.2) is 26.2 Å². The molecule has 0 aliphatic heterocycles. The summed E-state index contributed by atoms with van der Waals surface area (Å²) in [5.41, 5.74) is 1.21. The van der Waals surface area contributed by atoms with Gasteiger partial charge in [0.15, 0.2) is 0 Å². The van der Waals surface area contributed by atoms with Crippen molar-refractivity contribution in [3.8, 4) is 0 Å². The SMILES string of the molecule is CN(C)N(C)c1ccccc1.Cl. The van der Waals surface area contributed by atoms with Crippen molar-refractivity contribution in [2.45, 2.75) is 0 Å². The van der Waals surface area contributed by atoms with Crippen LogP contribution in [-0.2, 0) is 0 Å². The van der Waals surface area contributed by atoms with E-state index < -0.39 is 0 Å². The maximum atomic E-state index is 2.08. The molecule has 0 spiro atoms. The largest absolute Gasteiger partial charge is 0.309 e. The van der Waals surface area contributed by atoms with Crippen LogP contribution in [0.1, 0.15) is 0 Å². The average Bonchev–Trinajstić information content (AvgIpc) is 2.05. The molecule has 0 radical (unpaired) electrons. The number of hydrogen-bond donors (Lipinski definition) is 0. The summed E-state index contributed by atoms with van der Waals surface area (Å²) >= 11 is 0. The number of hydrogen-bond acceptors (Lipinski definition) is 2. The zero-order valence-corrected chi connectivity index (χ0v) is 8.51. The molecule has 68 valence electrons. The van der Waals surface area contributed by atoms with E-state index in [9.17, 15) is 0 Å². The molecule has 1 aromatic rings. The Labute approximate surface area is 80.2 Å². The van der Waals surface area contributed by atoms with Gasteiger partial charge < -0.3 is 5.01 Å². The van der Waals surface area contributed by atoms with Crippen LogP contribution in [0.15, 0.2) is 30.3 Å². The summed E-state index contributed by atoms with van der Waals surface area (Å²) in [7, 11) is 6.08. The van der Waals surface area contributed by atoms with Crippen LogP contribution in [0, 0.1) is 0 Å². The average molecular weight is 187 g/mol. The van der Waals surface area contributed by atoms with Gasteiger partial charge in [0.2, 0.25) is 0 Å². The molecule has 0 bridgehead atoms. The summed E-state index contributed by atoms with van der Waals surface area (Å²) in [6.45, 7) is 0. The number of halogens is 1. The number of hydrazine groups is 1. The van der Waals surface area contributed by atoms with Crippen molar-refractivity contribution in [3.05, 3.63) is 30.3 Å². The molecule has 0 unspecified atom stereocenters. The molecule has 0 aromatic heterocycles. The Morgan fingerprint density at radius 2 is 1.42 bits per heavy atom. The molecule has 0 saturated carbocycles. The second-order valence-electron chi connectivity index (χ2n) is 2.71. The van der Waals surface area contributed by atoms with E-state index >= 15 is 0 Å². The predicted molar refractivity (Wildman–Crippen MR) is 55.8 cm³/mol. The van der Waals surface area contributed by atoms with Crippen molar-refractivity contribution in [3.63, 3.8) is 0 Å². The molecule has 1 aromatic carbocycles. The Morgan fingerprint density at radius 1 is 0.917 bits per heavy atom. The summed E-state index contributed by atoms with van der Waals surface area (Å²) in [5.74, 6) is 0. The second kappa shape index (κ2) is 5.01. The minimum atomic E-state index is 0. The van der Waals surface area contributed by atoms with Crippen LogP contribution < -0.4 is 5.01 Å².